The minimum atomic E-state index is -3.55. The van der Waals surface area contributed by atoms with E-state index in [1.807, 2.05) is 19.9 Å². The first-order valence-electron chi connectivity index (χ1n) is 10.4. The summed E-state index contributed by atoms with van der Waals surface area (Å²) in [5, 5.41) is 2.91. The molecule has 1 saturated carbocycles. The molecule has 4 rings (SSSR count). The lowest BCUT2D eigenvalue weighted by atomic mass is 10.2. The first kappa shape index (κ1) is 20.2. The van der Waals surface area contributed by atoms with Crippen LogP contribution in [0.4, 0.5) is 5.69 Å². The zero-order chi connectivity index (χ0) is 20.8. The van der Waals surface area contributed by atoms with Gasteiger partial charge >= 0.3 is 0 Å². The fourth-order valence-electron chi connectivity index (χ4n) is 4.30. The van der Waals surface area contributed by atoms with Crippen LogP contribution in [0.1, 0.15) is 65.5 Å². The van der Waals surface area contributed by atoms with E-state index in [9.17, 15) is 13.2 Å². The van der Waals surface area contributed by atoms with Gasteiger partial charge in [0.15, 0.2) is 0 Å². The van der Waals surface area contributed by atoms with Crippen LogP contribution in [0.25, 0.3) is 0 Å². The standard InChI is InChI=1S/C22H29N3O3S/c1-15-7-8-18(14-21(15)29(27,28)24-11-5-4-6-12-24)23-22(26)20-13-16(2)25(17(20)3)19-9-10-19/h7-8,13-14,19H,4-6,9-12H2,1-3H3,(H,23,26). The topological polar surface area (TPSA) is 71.4 Å². The van der Waals surface area contributed by atoms with Gasteiger partial charge in [-0.05, 0) is 70.2 Å². The number of nitrogens with zero attached hydrogens (tertiary/aromatic N) is 2. The highest BCUT2D eigenvalue weighted by Gasteiger charge is 2.29. The Morgan fingerprint density at radius 3 is 2.38 bits per heavy atom. The van der Waals surface area contributed by atoms with E-state index in [0.29, 0.717) is 35.9 Å². The first-order valence-corrected chi connectivity index (χ1v) is 11.8. The van der Waals surface area contributed by atoms with E-state index < -0.39 is 10.0 Å². The molecular formula is C22H29N3O3S. The van der Waals surface area contributed by atoms with Crippen LogP contribution in [-0.4, -0.2) is 36.3 Å². The van der Waals surface area contributed by atoms with Crippen LogP contribution in [-0.2, 0) is 10.0 Å². The molecule has 29 heavy (non-hydrogen) atoms. The maximum atomic E-state index is 13.1. The molecule has 2 heterocycles. The number of benzene rings is 1. The zero-order valence-corrected chi connectivity index (χ0v) is 18.2. The van der Waals surface area contributed by atoms with Crippen molar-refractivity contribution in [3.8, 4) is 0 Å². The molecule has 1 N–H and O–H groups in total. The number of aromatic nitrogens is 1. The lowest BCUT2D eigenvalue weighted by molar-refractivity contribution is 0.102. The molecular weight excluding hydrogens is 386 g/mol. The summed E-state index contributed by atoms with van der Waals surface area (Å²) in [6.45, 7) is 6.92. The van der Waals surface area contributed by atoms with Gasteiger partial charge in [0, 0.05) is 36.2 Å². The number of carbonyl (C=O) groups excluding carboxylic acids is 1. The monoisotopic (exact) mass is 415 g/mol. The summed E-state index contributed by atoms with van der Waals surface area (Å²) < 4.78 is 30.0. The van der Waals surface area contributed by atoms with Crippen molar-refractivity contribution in [1.82, 2.24) is 8.87 Å². The number of piperidine rings is 1. The van der Waals surface area contributed by atoms with Crippen molar-refractivity contribution in [3.05, 3.63) is 46.8 Å². The van der Waals surface area contributed by atoms with Crippen LogP contribution >= 0.6 is 0 Å². The highest BCUT2D eigenvalue weighted by atomic mass is 32.2. The van der Waals surface area contributed by atoms with Crippen LogP contribution in [0.15, 0.2) is 29.2 Å². The van der Waals surface area contributed by atoms with E-state index in [1.165, 1.54) is 0 Å². The third-order valence-corrected chi connectivity index (χ3v) is 8.06. The Balaban J connectivity index is 1.59. The second-order valence-corrected chi connectivity index (χ2v) is 10.2. The van der Waals surface area contributed by atoms with Gasteiger partial charge in [-0.15, -0.1) is 0 Å². The highest BCUT2D eigenvalue weighted by molar-refractivity contribution is 7.89. The number of anilines is 1. The number of nitrogens with one attached hydrogen (secondary N) is 1. The predicted molar refractivity (Wildman–Crippen MR) is 114 cm³/mol. The summed E-state index contributed by atoms with van der Waals surface area (Å²) in [5.41, 5.74) is 3.91. The number of amides is 1. The minimum Gasteiger partial charge on any atom is -0.345 e. The van der Waals surface area contributed by atoms with Gasteiger partial charge in [0.1, 0.15) is 0 Å². The van der Waals surface area contributed by atoms with Crippen molar-refractivity contribution in [1.29, 1.82) is 0 Å². The molecule has 7 heteroatoms. The maximum Gasteiger partial charge on any atom is 0.257 e. The Morgan fingerprint density at radius 1 is 1.03 bits per heavy atom. The molecule has 2 fully saturated rings. The summed E-state index contributed by atoms with van der Waals surface area (Å²) in [4.78, 5) is 13.2. The van der Waals surface area contributed by atoms with Crippen LogP contribution in [0, 0.1) is 20.8 Å². The molecule has 0 atom stereocenters. The van der Waals surface area contributed by atoms with Gasteiger partial charge in [0.25, 0.3) is 5.91 Å². The van der Waals surface area contributed by atoms with Crippen molar-refractivity contribution in [2.24, 2.45) is 0 Å². The van der Waals surface area contributed by atoms with Crippen molar-refractivity contribution in [3.63, 3.8) is 0 Å². The molecule has 1 aliphatic heterocycles. The summed E-state index contributed by atoms with van der Waals surface area (Å²) in [6.07, 6.45) is 5.18. The van der Waals surface area contributed by atoms with Crippen molar-refractivity contribution in [2.75, 3.05) is 18.4 Å². The smallest absolute Gasteiger partial charge is 0.257 e. The van der Waals surface area contributed by atoms with Crippen molar-refractivity contribution < 1.29 is 13.2 Å². The summed E-state index contributed by atoms with van der Waals surface area (Å²) in [6, 6.07) is 7.56. The Morgan fingerprint density at radius 2 is 1.72 bits per heavy atom. The van der Waals surface area contributed by atoms with E-state index in [-0.39, 0.29) is 10.8 Å². The highest BCUT2D eigenvalue weighted by Crippen LogP contribution is 2.38. The van der Waals surface area contributed by atoms with Crippen LogP contribution < -0.4 is 5.32 Å². The Hall–Kier alpha value is -2.12. The van der Waals surface area contributed by atoms with Crippen molar-refractivity contribution in [2.45, 2.75) is 63.8 Å². The lowest BCUT2D eigenvalue weighted by Crippen LogP contribution is -2.36. The second-order valence-electron chi connectivity index (χ2n) is 8.29. The molecule has 0 spiro atoms. The molecule has 156 valence electrons. The number of carbonyl (C=O) groups is 1. The molecule has 1 aliphatic carbocycles. The molecule has 1 amide bonds. The molecule has 0 unspecified atom stereocenters. The summed E-state index contributed by atoms with van der Waals surface area (Å²) in [5.74, 6) is -0.199. The van der Waals surface area contributed by atoms with Gasteiger partial charge in [-0.3, -0.25) is 4.79 Å². The number of aryl methyl sites for hydroxylation is 2. The zero-order valence-electron chi connectivity index (χ0n) is 17.4. The molecule has 2 aliphatic rings. The van der Waals surface area contributed by atoms with Gasteiger partial charge in [-0.2, -0.15) is 4.31 Å². The third kappa shape index (κ3) is 3.85. The average Bonchev–Trinajstić information content (AvgIpc) is 3.48. The van der Waals surface area contributed by atoms with E-state index in [4.69, 9.17) is 0 Å². The predicted octanol–water partition coefficient (Wildman–Crippen LogP) is 4.18. The molecule has 1 aromatic heterocycles. The first-order chi connectivity index (χ1) is 13.8. The fraction of sp³-hybridized carbons (Fsp3) is 0.500. The normalized spacial score (nSPS) is 18.0. The Labute approximate surface area is 173 Å². The Kier molecular flexibility index (Phi) is 5.29. The molecule has 1 saturated heterocycles. The number of hydrogen-bond acceptors (Lipinski definition) is 3. The van der Waals surface area contributed by atoms with Gasteiger partial charge in [-0.25, -0.2) is 8.42 Å². The SMILES string of the molecule is Cc1ccc(NC(=O)c2cc(C)n(C3CC3)c2C)cc1S(=O)(=O)N1CCCCC1. The largest absolute Gasteiger partial charge is 0.345 e. The number of rotatable bonds is 5. The molecule has 1 aromatic carbocycles. The van der Waals surface area contributed by atoms with Gasteiger partial charge in [0.05, 0.1) is 10.5 Å². The minimum absolute atomic E-state index is 0.199. The number of hydrogen-bond donors (Lipinski definition) is 1. The number of sulfonamides is 1. The third-order valence-electron chi connectivity index (χ3n) is 6.02. The van der Waals surface area contributed by atoms with Crippen LogP contribution in [0.2, 0.25) is 0 Å². The quantitative estimate of drug-likeness (QED) is 0.796. The molecule has 0 radical (unpaired) electrons. The van der Waals surface area contributed by atoms with Crippen LogP contribution in [0.3, 0.4) is 0 Å². The van der Waals surface area contributed by atoms with E-state index in [0.717, 1.165) is 43.5 Å². The average molecular weight is 416 g/mol. The van der Waals surface area contributed by atoms with Gasteiger partial charge < -0.3 is 9.88 Å². The summed E-state index contributed by atoms with van der Waals surface area (Å²) >= 11 is 0. The fourth-order valence-corrected chi connectivity index (χ4v) is 6.07. The lowest BCUT2D eigenvalue weighted by Gasteiger charge is -2.26. The van der Waals surface area contributed by atoms with Crippen LogP contribution in [0.5, 0.6) is 0 Å². The van der Waals surface area contributed by atoms with E-state index in [1.54, 1.807) is 29.4 Å². The summed E-state index contributed by atoms with van der Waals surface area (Å²) in [7, 11) is -3.55. The maximum absolute atomic E-state index is 13.1. The molecule has 2 aromatic rings. The van der Waals surface area contributed by atoms with E-state index >= 15 is 0 Å². The van der Waals surface area contributed by atoms with E-state index in [2.05, 4.69) is 9.88 Å². The van der Waals surface area contributed by atoms with Gasteiger partial charge in [-0.1, -0.05) is 12.5 Å². The second kappa shape index (κ2) is 7.61. The Bertz CT molecular complexity index is 1050. The molecule has 0 bridgehead atoms. The van der Waals surface area contributed by atoms with Crippen molar-refractivity contribution >= 4 is 21.6 Å². The molecule has 6 nitrogen and oxygen atoms in total. The van der Waals surface area contributed by atoms with Gasteiger partial charge in [0.2, 0.25) is 10.0 Å².